The minimum Gasteiger partial charge on any atom is -0.321 e. The Balaban J connectivity index is 1.86. The van der Waals surface area contributed by atoms with Crippen LogP contribution in [0.2, 0.25) is 0 Å². The number of aryl methyl sites for hydroxylation is 1. The molecule has 0 spiro atoms. The van der Waals surface area contributed by atoms with Gasteiger partial charge in [-0.15, -0.1) is 11.3 Å². The first-order valence-corrected chi connectivity index (χ1v) is 7.86. The average molecular weight is 286 g/mol. The normalized spacial score (nSPS) is 13.8. The number of fused-ring (bicyclic) bond motifs is 1. The van der Waals surface area contributed by atoms with E-state index in [2.05, 4.69) is 23.6 Å². The average Bonchev–Trinajstić information content (AvgIpc) is 2.96. The van der Waals surface area contributed by atoms with Crippen molar-refractivity contribution in [2.24, 2.45) is 0 Å². The number of anilines is 1. The number of hydrogen-bond acceptors (Lipinski definition) is 3. The van der Waals surface area contributed by atoms with Crippen molar-refractivity contribution in [1.29, 1.82) is 0 Å². The largest absolute Gasteiger partial charge is 0.321 e. The molecule has 0 fully saturated rings. The fourth-order valence-electron chi connectivity index (χ4n) is 2.64. The van der Waals surface area contributed by atoms with E-state index in [1.165, 1.54) is 22.5 Å². The minimum atomic E-state index is 0.0174. The monoisotopic (exact) mass is 286 g/mol. The Morgan fingerprint density at radius 1 is 1.40 bits per heavy atom. The van der Waals surface area contributed by atoms with E-state index in [0.29, 0.717) is 0 Å². The van der Waals surface area contributed by atoms with Crippen molar-refractivity contribution in [2.75, 3.05) is 11.9 Å². The Bertz CT molecular complexity index is 633. The fourth-order valence-corrected chi connectivity index (χ4v) is 3.53. The van der Waals surface area contributed by atoms with Crippen LogP contribution >= 0.6 is 11.3 Å². The number of carbonyl (C=O) groups is 1. The molecule has 0 atom stereocenters. The summed E-state index contributed by atoms with van der Waals surface area (Å²) in [4.78, 5) is 13.3. The second-order valence-corrected chi connectivity index (χ2v) is 5.87. The van der Waals surface area contributed by atoms with Gasteiger partial charge in [-0.05, 0) is 53.6 Å². The number of rotatable bonds is 3. The van der Waals surface area contributed by atoms with E-state index in [1.807, 2.05) is 23.6 Å². The summed E-state index contributed by atoms with van der Waals surface area (Å²) in [7, 11) is 0. The van der Waals surface area contributed by atoms with Crippen LogP contribution in [-0.4, -0.2) is 12.5 Å². The van der Waals surface area contributed by atoms with E-state index in [4.69, 9.17) is 0 Å². The number of carbonyl (C=O) groups excluding carboxylic acids is 1. The molecule has 1 aliphatic heterocycles. The van der Waals surface area contributed by atoms with E-state index < -0.39 is 0 Å². The highest BCUT2D eigenvalue weighted by atomic mass is 32.1. The van der Waals surface area contributed by atoms with Crippen molar-refractivity contribution in [3.8, 4) is 0 Å². The summed E-state index contributed by atoms with van der Waals surface area (Å²) >= 11 is 1.51. The van der Waals surface area contributed by atoms with Crippen molar-refractivity contribution in [3.05, 3.63) is 51.2 Å². The van der Waals surface area contributed by atoms with Gasteiger partial charge in [0, 0.05) is 12.2 Å². The lowest BCUT2D eigenvalue weighted by Crippen LogP contribution is -2.25. The van der Waals surface area contributed by atoms with Gasteiger partial charge in [-0.25, -0.2) is 0 Å². The molecule has 1 aliphatic rings. The van der Waals surface area contributed by atoms with Gasteiger partial charge >= 0.3 is 0 Å². The number of amides is 1. The highest BCUT2D eigenvalue weighted by Gasteiger charge is 2.16. The highest BCUT2D eigenvalue weighted by molar-refractivity contribution is 7.12. The third-order valence-corrected chi connectivity index (χ3v) is 4.68. The molecule has 2 N–H and O–H groups in total. The van der Waals surface area contributed by atoms with Crippen LogP contribution in [-0.2, 0) is 19.4 Å². The van der Waals surface area contributed by atoms with E-state index in [9.17, 15) is 4.79 Å². The van der Waals surface area contributed by atoms with Crippen LogP contribution in [0.5, 0.6) is 0 Å². The van der Waals surface area contributed by atoms with Crippen LogP contribution in [0.1, 0.15) is 33.3 Å². The molecule has 0 saturated carbocycles. The molecule has 3 rings (SSSR count). The maximum Gasteiger partial charge on any atom is 0.266 e. The molecular weight excluding hydrogens is 268 g/mol. The van der Waals surface area contributed by atoms with Gasteiger partial charge in [-0.3, -0.25) is 4.79 Å². The fraction of sp³-hybridized carbons (Fsp3) is 0.312. The summed E-state index contributed by atoms with van der Waals surface area (Å²) < 4.78 is 0. The summed E-state index contributed by atoms with van der Waals surface area (Å²) in [6.07, 6.45) is 1.86. The predicted octanol–water partition coefficient (Wildman–Crippen LogP) is 3.21. The number of nitrogens with one attached hydrogen (secondary N) is 2. The molecular formula is C16H18N2OS. The summed E-state index contributed by atoms with van der Waals surface area (Å²) in [5.41, 5.74) is 4.65. The molecule has 1 amide bonds. The summed E-state index contributed by atoms with van der Waals surface area (Å²) in [6.45, 7) is 3.94. The molecule has 104 valence electrons. The Morgan fingerprint density at radius 3 is 3.15 bits per heavy atom. The van der Waals surface area contributed by atoms with Gasteiger partial charge in [0.05, 0.1) is 4.88 Å². The van der Waals surface area contributed by atoms with Crippen molar-refractivity contribution in [3.63, 3.8) is 0 Å². The van der Waals surface area contributed by atoms with Gasteiger partial charge in [0.15, 0.2) is 0 Å². The van der Waals surface area contributed by atoms with Crippen LogP contribution in [0.3, 0.4) is 0 Å². The topological polar surface area (TPSA) is 41.1 Å². The van der Waals surface area contributed by atoms with E-state index in [1.54, 1.807) is 0 Å². The number of benzene rings is 1. The summed E-state index contributed by atoms with van der Waals surface area (Å²) in [5.74, 6) is 0.0174. The lowest BCUT2D eigenvalue weighted by atomic mass is 9.99. The van der Waals surface area contributed by atoms with Crippen LogP contribution in [0.15, 0.2) is 29.6 Å². The molecule has 4 heteroatoms. The Kier molecular flexibility index (Phi) is 3.85. The molecule has 0 unspecified atom stereocenters. The molecule has 2 aromatic rings. The van der Waals surface area contributed by atoms with E-state index in [0.717, 1.165) is 42.1 Å². The van der Waals surface area contributed by atoms with Gasteiger partial charge in [-0.2, -0.15) is 0 Å². The zero-order chi connectivity index (χ0) is 13.9. The third-order valence-electron chi connectivity index (χ3n) is 3.72. The van der Waals surface area contributed by atoms with Crippen LogP contribution < -0.4 is 10.6 Å². The molecule has 0 bridgehead atoms. The Labute approximate surface area is 123 Å². The van der Waals surface area contributed by atoms with Crippen molar-refractivity contribution in [1.82, 2.24) is 5.32 Å². The Hall–Kier alpha value is -1.65. The quantitative estimate of drug-likeness (QED) is 0.909. The van der Waals surface area contributed by atoms with E-state index in [-0.39, 0.29) is 5.91 Å². The second-order valence-electron chi connectivity index (χ2n) is 4.95. The highest BCUT2D eigenvalue weighted by Crippen LogP contribution is 2.25. The SMILES string of the molecule is CCc1ccsc1C(=O)Nc1cccc2c1CCNC2. The molecule has 1 aromatic carbocycles. The van der Waals surface area contributed by atoms with E-state index >= 15 is 0 Å². The van der Waals surface area contributed by atoms with Crippen LogP contribution in [0, 0.1) is 0 Å². The third kappa shape index (κ3) is 2.49. The zero-order valence-electron chi connectivity index (χ0n) is 11.5. The molecule has 2 heterocycles. The smallest absolute Gasteiger partial charge is 0.266 e. The zero-order valence-corrected chi connectivity index (χ0v) is 12.3. The lowest BCUT2D eigenvalue weighted by Gasteiger charge is -2.20. The Morgan fingerprint density at radius 2 is 2.30 bits per heavy atom. The molecule has 0 radical (unpaired) electrons. The number of thiophene rings is 1. The first-order valence-electron chi connectivity index (χ1n) is 6.98. The van der Waals surface area contributed by atoms with Gasteiger partial charge < -0.3 is 10.6 Å². The van der Waals surface area contributed by atoms with Gasteiger partial charge in [0.25, 0.3) is 5.91 Å². The number of hydrogen-bond donors (Lipinski definition) is 2. The van der Waals surface area contributed by atoms with Crippen LogP contribution in [0.4, 0.5) is 5.69 Å². The first-order chi connectivity index (χ1) is 9.79. The second kappa shape index (κ2) is 5.77. The van der Waals surface area contributed by atoms with Crippen LogP contribution in [0.25, 0.3) is 0 Å². The standard InChI is InChI=1S/C16H18N2OS/c1-2-11-7-9-20-15(11)16(19)18-14-5-3-4-12-10-17-8-6-13(12)14/h3-5,7,9,17H,2,6,8,10H2,1H3,(H,18,19). The molecule has 0 saturated heterocycles. The van der Waals surface area contributed by atoms with Gasteiger partial charge in [-0.1, -0.05) is 19.1 Å². The first kappa shape index (κ1) is 13.3. The molecule has 20 heavy (non-hydrogen) atoms. The predicted molar refractivity (Wildman–Crippen MR) is 83.5 cm³/mol. The van der Waals surface area contributed by atoms with Crippen molar-refractivity contribution >= 4 is 22.9 Å². The van der Waals surface area contributed by atoms with Gasteiger partial charge in [0.1, 0.15) is 0 Å². The molecule has 1 aromatic heterocycles. The lowest BCUT2D eigenvalue weighted by molar-refractivity contribution is 0.102. The summed E-state index contributed by atoms with van der Waals surface area (Å²) in [6, 6.07) is 8.17. The minimum absolute atomic E-state index is 0.0174. The van der Waals surface area contributed by atoms with Crippen molar-refractivity contribution in [2.45, 2.75) is 26.3 Å². The summed E-state index contributed by atoms with van der Waals surface area (Å²) in [5, 5.41) is 8.43. The maximum atomic E-state index is 12.4. The van der Waals surface area contributed by atoms with Gasteiger partial charge in [0.2, 0.25) is 0 Å². The maximum absolute atomic E-state index is 12.4. The molecule has 0 aliphatic carbocycles. The van der Waals surface area contributed by atoms with Crippen molar-refractivity contribution < 1.29 is 4.79 Å². The molecule has 3 nitrogen and oxygen atoms in total.